The van der Waals surface area contributed by atoms with Crippen LogP contribution in [0.15, 0.2) is 30.5 Å². The van der Waals surface area contributed by atoms with Crippen LogP contribution >= 0.6 is 11.3 Å². The number of H-pyrrole nitrogens is 1. The molecule has 2 aromatic heterocycles. The Kier molecular flexibility index (Phi) is 2.57. The molecule has 0 aliphatic heterocycles. The number of fused-ring (bicyclic) bond motifs is 2. The van der Waals surface area contributed by atoms with E-state index in [4.69, 9.17) is 0 Å². The van der Waals surface area contributed by atoms with E-state index in [0.717, 1.165) is 34.2 Å². The summed E-state index contributed by atoms with van der Waals surface area (Å²) in [5.41, 5.74) is 4.39. The molecule has 0 radical (unpaired) electrons. The summed E-state index contributed by atoms with van der Waals surface area (Å²) in [5.74, 6) is 0.154. The Morgan fingerprint density at radius 3 is 3.00 bits per heavy atom. The second-order valence-corrected chi connectivity index (χ2v) is 6.63. The number of hydrogen-bond donors (Lipinski definition) is 1. The van der Waals surface area contributed by atoms with E-state index in [0.29, 0.717) is 0 Å². The Morgan fingerprint density at radius 2 is 2.15 bits per heavy atom. The molecule has 0 unspecified atom stereocenters. The van der Waals surface area contributed by atoms with Gasteiger partial charge in [-0.1, -0.05) is 11.6 Å². The Balaban J connectivity index is 1.81. The van der Waals surface area contributed by atoms with Gasteiger partial charge in [0.05, 0.1) is 4.88 Å². The highest BCUT2D eigenvalue weighted by atomic mass is 32.1. The van der Waals surface area contributed by atoms with E-state index in [1.807, 2.05) is 12.3 Å². The number of hydrogen-bond acceptors (Lipinski definition) is 2. The molecule has 1 aromatic carbocycles. The van der Waals surface area contributed by atoms with Gasteiger partial charge in [0.2, 0.25) is 5.78 Å². The zero-order valence-corrected chi connectivity index (χ0v) is 12.1. The Labute approximate surface area is 121 Å². The van der Waals surface area contributed by atoms with Crippen molar-refractivity contribution in [1.29, 1.82) is 0 Å². The van der Waals surface area contributed by atoms with Crippen LogP contribution in [0.25, 0.3) is 10.9 Å². The maximum atomic E-state index is 12.7. The van der Waals surface area contributed by atoms with Crippen molar-refractivity contribution in [3.8, 4) is 0 Å². The van der Waals surface area contributed by atoms with Crippen LogP contribution in [0.4, 0.5) is 0 Å². The molecule has 3 aromatic rings. The normalized spacial score (nSPS) is 13.8. The molecule has 3 heteroatoms. The van der Waals surface area contributed by atoms with Gasteiger partial charge in [-0.05, 0) is 49.9 Å². The summed E-state index contributed by atoms with van der Waals surface area (Å²) in [7, 11) is 0. The number of benzene rings is 1. The Bertz CT molecular complexity index is 803. The average Bonchev–Trinajstić information content (AvgIpc) is 3.10. The first-order valence-electron chi connectivity index (χ1n) is 6.96. The number of nitrogens with one attached hydrogen (secondary N) is 1. The first-order valence-corrected chi connectivity index (χ1v) is 7.78. The maximum absolute atomic E-state index is 12.7. The van der Waals surface area contributed by atoms with Crippen molar-refractivity contribution in [3.05, 3.63) is 56.9 Å². The summed E-state index contributed by atoms with van der Waals surface area (Å²) in [6.07, 6.45) is 5.35. The van der Waals surface area contributed by atoms with E-state index >= 15 is 0 Å². The molecule has 0 fully saturated rings. The highest BCUT2D eigenvalue weighted by molar-refractivity contribution is 7.14. The molecule has 4 rings (SSSR count). The molecular formula is C17H15NOS. The maximum Gasteiger partial charge on any atom is 0.205 e. The number of ketones is 1. The second kappa shape index (κ2) is 4.32. The lowest BCUT2D eigenvalue weighted by atomic mass is 10.1. The summed E-state index contributed by atoms with van der Waals surface area (Å²) in [4.78, 5) is 18.2. The average molecular weight is 281 g/mol. The number of carbonyl (C=O) groups is 1. The minimum Gasteiger partial charge on any atom is -0.360 e. The van der Waals surface area contributed by atoms with Gasteiger partial charge in [-0.3, -0.25) is 4.79 Å². The molecule has 0 bridgehead atoms. The van der Waals surface area contributed by atoms with E-state index < -0.39 is 0 Å². The lowest BCUT2D eigenvalue weighted by molar-refractivity contribution is 0.104. The third-order valence-corrected chi connectivity index (χ3v) is 5.29. The Morgan fingerprint density at radius 1 is 1.25 bits per heavy atom. The molecule has 1 aliphatic carbocycles. The summed E-state index contributed by atoms with van der Waals surface area (Å²) >= 11 is 1.68. The van der Waals surface area contributed by atoms with Crippen molar-refractivity contribution in [2.24, 2.45) is 0 Å². The van der Waals surface area contributed by atoms with Crippen molar-refractivity contribution in [2.75, 3.05) is 0 Å². The van der Waals surface area contributed by atoms with Crippen molar-refractivity contribution >= 4 is 28.0 Å². The number of rotatable bonds is 2. The first-order chi connectivity index (χ1) is 9.72. The smallest absolute Gasteiger partial charge is 0.205 e. The van der Waals surface area contributed by atoms with E-state index in [9.17, 15) is 4.79 Å². The Hall–Kier alpha value is -1.87. The molecule has 0 amide bonds. The SMILES string of the molecule is Cc1ccc2[nH]cc(C(=O)c3cc4c(s3)CCC4)c2c1. The van der Waals surface area contributed by atoms with Crippen molar-refractivity contribution < 1.29 is 4.79 Å². The van der Waals surface area contributed by atoms with Gasteiger partial charge in [0.1, 0.15) is 0 Å². The summed E-state index contributed by atoms with van der Waals surface area (Å²) in [6.45, 7) is 2.06. The molecule has 2 heterocycles. The fourth-order valence-corrected chi connectivity index (χ4v) is 4.20. The van der Waals surface area contributed by atoms with Crippen molar-refractivity contribution in [1.82, 2.24) is 4.98 Å². The quantitative estimate of drug-likeness (QED) is 0.700. The number of thiophene rings is 1. The topological polar surface area (TPSA) is 32.9 Å². The zero-order valence-electron chi connectivity index (χ0n) is 11.3. The zero-order chi connectivity index (χ0) is 13.7. The minimum atomic E-state index is 0.154. The van der Waals surface area contributed by atoms with Gasteiger partial charge < -0.3 is 4.98 Å². The van der Waals surface area contributed by atoms with Crippen molar-refractivity contribution in [2.45, 2.75) is 26.2 Å². The molecule has 2 nitrogen and oxygen atoms in total. The molecular weight excluding hydrogens is 266 g/mol. The van der Waals surface area contributed by atoms with Crippen LogP contribution in [0.1, 0.15) is 37.7 Å². The number of aromatic amines is 1. The molecule has 0 atom stereocenters. The van der Waals surface area contributed by atoms with Crippen LogP contribution in [-0.2, 0) is 12.8 Å². The van der Waals surface area contributed by atoms with Crippen LogP contribution in [0.3, 0.4) is 0 Å². The van der Waals surface area contributed by atoms with Crippen LogP contribution in [0.2, 0.25) is 0 Å². The third kappa shape index (κ3) is 1.74. The van der Waals surface area contributed by atoms with Gasteiger partial charge >= 0.3 is 0 Å². The first kappa shape index (κ1) is 11.9. The predicted octanol–water partition coefficient (Wildman–Crippen LogP) is 4.26. The van der Waals surface area contributed by atoms with Gasteiger partial charge in [-0.2, -0.15) is 0 Å². The molecule has 100 valence electrons. The summed E-state index contributed by atoms with van der Waals surface area (Å²) in [6, 6.07) is 8.28. The van der Waals surface area contributed by atoms with E-state index in [2.05, 4.69) is 30.1 Å². The standard InChI is InChI=1S/C17H15NOS/c1-10-5-6-14-12(7-10)13(9-18-14)17(19)16-8-11-3-2-4-15(11)20-16/h5-9,18H,2-4H2,1H3. The molecule has 0 saturated heterocycles. The van der Waals surface area contributed by atoms with Gasteiger partial charge in [-0.25, -0.2) is 0 Å². The van der Waals surface area contributed by atoms with Crippen LogP contribution in [0, 0.1) is 6.92 Å². The largest absolute Gasteiger partial charge is 0.360 e. The highest BCUT2D eigenvalue weighted by Gasteiger charge is 2.21. The minimum absolute atomic E-state index is 0.154. The molecule has 20 heavy (non-hydrogen) atoms. The van der Waals surface area contributed by atoms with Gasteiger partial charge in [0.15, 0.2) is 0 Å². The highest BCUT2D eigenvalue weighted by Crippen LogP contribution is 2.33. The predicted molar refractivity (Wildman–Crippen MR) is 82.8 cm³/mol. The second-order valence-electron chi connectivity index (χ2n) is 5.49. The monoisotopic (exact) mass is 281 g/mol. The van der Waals surface area contributed by atoms with Crippen molar-refractivity contribution in [3.63, 3.8) is 0 Å². The molecule has 0 spiro atoms. The number of carbonyl (C=O) groups excluding carboxylic acids is 1. The van der Waals surface area contributed by atoms with Gasteiger partial charge in [0.25, 0.3) is 0 Å². The van der Waals surface area contributed by atoms with E-state index in [1.54, 1.807) is 11.3 Å². The van der Waals surface area contributed by atoms with Gasteiger partial charge in [-0.15, -0.1) is 11.3 Å². The molecule has 1 N–H and O–H groups in total. The molecule has 1 aliphatic rings. The fourth-order valence-electron chi connectivity index (χ4n) is 3.00. The lowest BCUT2D eigenvalue weighted by Crippen LogP contribution is -1.97. The summed E-state index contributed by atoms with van der Waals surface area (Å²) < 4.78 is 0. The molecule has 0 saturated carbocycles. The fraction of sp³-hybridized carbons (Fsp3) is 0.235. The van der Waals surface area contributed by atoms with E-state index in [1.165, 1.54) is 22.4 Å². The van der Waals surface area contributed by atoms with E-state index in [-0.39, 0.29) is 5.78 Å². The van der Waals surface area contributed by atoms with Gasteiger partial charge in [0, 0.05) is 27.5 Å². The van der Waals surface area contributed by atoms with Crippen LogP contribution in [-0.4, -0.2) is 10.8 Å². The lowest BCUT2D eigenvalue weighted by Gasteiger charge is -1.98. The van der Waals surface area contributed by atoms with Crippen LogP contribution < -0.4 is 0 Å². The number of aryl methyl sites for hydroxylation is 3. The number of aromatic nitrogens is 1. The third-order valence-electron chi connectivity index (χ3n) is 4.05. The van der Waals surface area contributed by atoms with Crippen LogP contribution in [0.5, 0.6) is 0 Å². The summed E-state index contributed by atoms with van der Waals surface area (Å²) in [5, 5.41) is 1.03.